The average molecular weight is 285 g/mol. The van der Waals surface area contributed by atoms with Gasteiger partial charge in [-0.1, -0.05) is 22.9 Å². The number of aryl methyl sites for hydroxylation is 1. The smallest absolute Gasteiger partial charge is 0.228 e. The summed E-state index contributed by atoms with van der Waals surface area (Å²) in [6.07, 6.45) is 0. The second kappa shape index (κ2) is 6.01. The van der Waals surface area contributed by atoms with Crippen LogP contribution >= 0.6 is 15.9 Å². The molecule has 0 heterocycles. The molecule has 1 unspecified atom stereocenters. The van der Waals surface area contributed by atoms with Gasteiger partial charge in [0.2, 0.25) is 5.91 Å². The van der Waals surface area contributed by atoms with E-state index in [0.717, 1.165) is 15.7 Å². The van der Waals surface area contributed by atoms with Crippen molar-refractivity contribution in [2.24, 2.45) is 5.92 Å². The van der Waals surface area contributed by atoms with E-state index in [2.05, 4.69) is 26.6 Å². The van der Waals surface area contributed by atoms with Gasteiger partial charge in [0, 0.05) is 22.6 Å². The quantitative estimate of drug-likeness (QED) is 0.892. The summed E-state index contributed by atoms with van der Waals surface area (Å²) in [5.41, 5.74) is 1.95. The Morgan fingerprint density at radius 2 is 2.12 bits per heavy atom. The SMILES string of the molecule is CNCC(C)C(=O)Nc1cc(C)cc(Br)c1. The van der Waals surface area contributed by atoms with E-state index in [-0.39, 0.29) is 11.8 Å². The van der Waals surface area contributed by atoms with Gasteiger partial charge in [0.25, 0.3) is 0 Å². The monoisotopic (exact) mass is 284 g/mol. The van der Waals surface area contributed by atoms with Crippen molar-refractivity contribution in [3.63, 3.8) is 0 Å². The molecule has 4 heteroatoms. The van der Waals surface area contributed by atoms with E-state index in [1.165, 1.54) is 0 Å². The highest BCUT2D eigenvalue weighted by Crippen LogP contribution is 2.19. The summed E-state index contributed by atoms with van der Waals surface area (Å²) in [6, 6.07) is 5.86. The Labute approximate surface area is 105 Å². The van der Waals surface area contributed by atoms with Gasteiger partial charge >= 0.3 is 0 Å². The lowest BCUT2D eigenvalue weighted by Crippen LogP contribution is -2.28. The van der Waals surface area contributed by atoms with Gasteiger partial charge in [-0.3, -0.25) is 4.79 Å². The predicted molar refractivity (Wildman–Crippen MR) is 70.6 cm³/mol. The third kappa shape index (κ3) is 3.94. The van der Waals surface area contributed by atoms with Crippen LogP contribution in [-0.4, -0.2) is 19.5 Å². The minimum atomic E-state index is -0.0377. The summed E-state index contributed by atoms with van der Waals surface area (Å²) in [4.78, 5) is 11.8. The second-order valence-electron chi connectivity index (χ2n) is 3.97. The highest BCUT2D eigenvalue weighted by atomic mass is 79.9. The number of hydrogen-bond acceptors (Lipinski definition) is 2. The zero-order valence-electron chi connectivity index (χ0n) is 9.80. The first-order valence-electron chi connectivity index (χ1n) is 5.25. The predicted octanol–water partition coefficient (Wildman–Crippen LogP) is 2.55. The third-order valence-electron chi connectivity index (χ3n) is 2.27. The van der Waals surface area contributed by atoms with E-state index >= 15 is 0 Å². The topological polar surface area (TPSA) is 41.1 Å². The van der Waals surface area contributed by atoms with Crippen molar-refractivity contribution in [1.29, 1.82) is 0 Å². The fourth-order valence-corrected chi connectivity index (χ4v) is 2.08. The Bertz CT molecular complexity index is 359. The van der Waals surface area contributed by atoms with Gasteiger partial charge in [-0.05, 0) is 37.7 Å². The molecule has 0 aliphatic carbocycles. The number of halogens is 1. The van der Waals surface area contributed by atoms with E-state index in [4.69, 9.17) is 0 Å². The van der Waals surface area contributed by atoms with Crippen LogP contribution in [0.2, 0.25) is 0 Å². The molecule has 0 aliphatic heterocycles. The molecule has 1 rings (SSSR count). The number of benzene rings is 1. The van der Waals surface area contributed by atoms with Gasteiger partial charge in [0.1, 0.15) is 0 Å². The largest absolute Gasteiger partial charge is 0.326 e. The first-order chi connectivity index (χ1) is 7.52. The number of anilines is 1. The summed E-state index contributed by atoms with van der Waals surface area (Å²) in [5.74, 6) is -0.00358. The van der Waals surface area contributed by atoms with E-state index in [1.807, 2.05) is 39.1 Å². The van der Waals surface area contributed by atoms with Crippen LogP contribution in [0.4, 0.5) is 5.69 Å². The van der Waals surface area contributed by atoms with Crippen molar-refractivity contribution in [3.05, 3.63) is 28.2 Å². The maximum atomic E-state index is 11.8. The molecule has 0 saturated carbocycles. The van der Waals surface area contributed by atoms with Crippen molar-refractivity contribution in [2.75, 3.05) is 18.9 Å². The first-order valence-corrected chi connectivity index (χ1v) is 6.05. The van der Waals surface area contributed by atoms with Crippen molar-refractivity contribution >= 4 is 27.5 Å². The molecule has 0 aromatic heterocycles. The summed E-state index contributed by atoms with van der Waals surface area (Å²) in [7, 11) is 1.84. The van der Waals surface area contributed by atoms with E-state index < -0.39 is 0 Å². The van der Waals surface area contributed by atoms with Crippen LogP contribution in [-0.2, 0) is 4.79 Å². The zero-order valence-corrected chi connectivity index (χ0v) is 11.4. The molecule has 0 aliphatic rings. The number of nitrogens with one attached hydrogen (secondary N) is 2. The summed E-state index contributed by atoms with van der Waals surface area (Å²) < 4.78 is 0.976. The van der Waals surface area contributed by atoms with Crippen LogP contribution in [0.3, 0.4) is 0 Å². The molecule has 1 amide bonds. The maximum absolute atomic E-state index is 11.8. The Hall–Kier alpha value is -0.870. The molecule has 0 fully saturated rings. The second-order valence-corrected chi connectivity index (χ2v) is 4.88. The normalized spacial score (nSPS) is 12.2. The van der Waals surface area contributed by atoms with Gasteiger partial charge in [0.15, 0.2) is 0 Å². The molecule has 88 valence electrons. The summed E-state index contributed by atoms with van der Waals surface area (Å²) >= 11 is 3.41. The first kappa shape index (κ1) is 13.2. The van der Waals surface area contributed by atoms with Crippen molar-refractivity contribution in [1.82, 2.24) is 5.32 Å². The number of amides is 1. The number of carbonyl (C=O) groups excluding carboxylic acids is 1. The maximum Gasteiger partial charge on any atom is 0.228 e. The number of rotatable bonds is 4. The Morgan fingerprint density at radius 1 is 1.44 bits per heavy atom. The molecule has 1 aromatic carbocycles. The molecule has 16 heavy (non-hydrogen) atoms. The van der Waals surface area contributed by atoms with Gasteiger partial charge in [-0.2, -0.15) is 0 Å². The number of hydrogen-bond donors (Lipinski definition) is 2. The zero-order chi connectivity index (χ0) is 12.1. The molecule has 1 atom stereocenters. The van der Waals surface area contributed by atoms with E-state index in [9.17, 15) is 4.79 Å². The standard InChI is InChI=1S/C12H17BrN2O/c1-8-4-10(13)6-11(5-8)15-12(16)9(2)7-14-3/h4-6,9,14H,7H2,1-3H3,(H,15,16). The fraction of sp³-hybridized carbons (Fsp3) is 0.417. The molecule has 0 radical (unpaired) electrons. The van der Waals surface area contributed by atoms with Gasteiger partial charge in [-0.25, -0.2) is 0 Å². The average Bonchev–Trinajstić information content (AvgIpc) is 2.16. The highest BCUT2D eigenvalue weighted by Gasteiger charge is 2.11. The minimum Gasteiger partial charge on any atom is -0.326 e. The van der Waals surface area contributed by atoms with Gasteiger partial charge in [0.05, 0.1) is 0 Å². The molecule has 0 saturated heterocycles. The van der Waals surface area contributed by atoms with Crippen LogP contribution in [0, 0.1) is 12.8 Å². The molecule has 1 aromatic rings. The van der Waals surface area contributed by atoms with Crippen molar-refractivity contribution in [2.45, 2.75) is 13.8 Å². The Balaban J connectivity index is 2.69. The van der Waals surface area contributed by atoms with Gasteiger partial charge < -0.3 is 10.6 Å². The van der Waals surface area contributed by atoms with Gasteiger partial charge in [-0.15, -0.1) is 0 Å². The van der Waals surface area contributed by atoms with Crippen LogP contribution < -0.4 is 10.6 Å². The van der Waals surface area contributed by atoms with Crippen LogP contribution in [0.5, 0.6) is 0 Å². The van der Waals surface area contributed by atoms with Crippen molar-refractivity contribution in [3.8, 4) is 0 Å². The molecular formula is C12H17BrN2O. The fourth-order valence-electron chi connectivity index (χ4n) is 1.47. The molecule has 2 N–H and O–H groups in total. The molecule has 0 spiro atoms. The lowest BCUT2D eigenvalue weighted by Gasteiger charge is -2.12. The number of carbonyl (C=O) groups is 1. The lowest BCUT2D eigenvalue weighted by molar-refractivity contribution is -0.119. The van der Waals surface area contributed by atoms with Crippen LogP contribution in [0.15, 0.2) is 22.7 Å². The third-order valence-corrected chi connectivity index (χ3v) is 2.73. The van der Waals surface area contributed by atoms with E-state index in [1.54, 1.807) is 0 Å². The van der Waals surface area contributed by atoms with Crippen LogP contribution in [0.25, 0.3) is 0 Å². The summed E-state index contributed by atoms with van der Waals surface area (Å²) in [5, 5.41) is 5.89. The molecule has 0 bridgehead atoms. The summed E-state index contributed by atoms with van der Waals surface area (Å²) in [6.45, 7) is 4.58. The minimum absolute atomic E-state index is 0.0341. The Kier molecular flexibility index (Phi) is 4.96. The molecule has 3 nitrogen and oxygen atoms in total. The van der Waals surface area contributed by atoms with Crippen molar-refractivity contribution < 1.29 is 4.79 Å². The Morgan fingerprint density at radius 3 is 2.69 bits per heavy atom. The molecular weight excluding hydrogens is 268 g/mol. The van der Waals surface area contributed by atoms with E-state index in [0.29, 0.717) is 6.54 Å². The lowest BCUT2D eigenvalue weighted by atomic mass is 10.1. The highest BCUT2D eigenvalue weighted by molar-refractivity contribution is 9.10. The van der Waals surface area contributed by atoms with Crippen LogP contribution in [0.1, 0.15) is 12.5 Å².